The van der Waals surface area contributed by atoms with Crippen molar-refractivity contribution in [1.82, 2.24) is 5.32 Å². The zero-order valence-corrected chi connectivity index (χ0v) is 14.4. The highest BCUT2D eigenvalue weighted by molar-refractivity contribution is 5.87. The number of ether oxygens (including phenoxy) is 2. The Morgan fingerprint density at radius 2 is 2.04 bits per heavy atom. The maximum absolute atomic E-state index is 12.0. The smallest absolute Gasteiger partial charge is 0.412 e. The third-order valence-electron chi connectivity index (χ3n) is 3.74. The second-order valence-electron chi connectivity index (χ2n) is 6.82. The van der Waals surface area contributed by atoms with Crippen molar-refractivity contribution >= 4 is 17.7 Å². The van der Waals surface area contributed by atoms with Crippen LogP contribution in [0.3, 0.4) is 0 Å². The first-order valence-electron chi connectivity index (χ1n) is 7.83. The fourth-order valence-corrected chi connectivity index (χ4v) is 2.63. The van der Waals surface area contributed by atoms with E-state index >= 15 is 0 Å². The standard InChI is InChI=1S/C17H24N2O5/c1-17(2,3)24-16(22)19-13-7-10(5-6-14(13)23-4)12-8-11(9-18-12)15(20)21/h5-7,11-12,18H,8-9H2,1-4H3,(H,19,22)(H,20,21). The van der Waals surface area contributed by atoms with E-state index in [-0.39, 0.29) is 6.04 Å². The first-order valence-corrected chi connectivity index (χ1v) is 7.83. The molecule has 0 spiro atoms. The molecule has 1 aliphatic rings. The van der Waals surface area contributed by atoms with E-state index in [0.717, 1.165) is 5.56 Å². The highest BCUT2D eigenvalue weighted by atomic mass is 16.6. The van der Waals surface area contributed by atoms with Crippen LogP contribution < -0.4 is 15.4 Å². The van der Waals surface area contributed by atoms with Crippen LogP contribution >= 0.6 is 0 Å². The van der Waals surface area contributed by atoms with E-state index in [4.69, 9.17) is 14.6 Å². The van der Waals surface area contributed by atoms with Crippen LogP contribution in [0.5, 0.6) is 5.75 Å². The molecule has 1 aliphatic heterocycles. The zero-order valence-electron chi connectivity index (χ0n) is 14.4. The summed E-state index contributed by atoms with van der Waals surface area (Å²) in [5.74, 6) is -0.692. The van der Waals surface area contributed by atoms with Gasteiger partial charge in [-0.15, -0.1) is 0 Å². The third kappa shape index (κ3) is 4.61. The van der Waals surface area contributed by atoms with Crippen LogP contribution in [0.1, 0.15) is 38.8 Å². The summed E-state index contributed by atoms with van der Waals surface area (Å²) in [6.07, 6.45) is -0.0613. The number of carboxylic acids is 1. The van der Waals surface area contributed by atoms with Gasteiger partial charge < -0.3 is 19.9 Å². The van der Waals surface area contributed by atoms with Crippen molar-refractivity contribution in [2.45, 2.75) is 38.8 Å². The van der Waals surface area contributed by atoms with Gasteiger partial charge in [0, 0.05) is 12.6 Å². The maximum atomic E-state index is 12.0. The summed E-state index contributed by atoms with van der Waals surface area (Å²) in [6.45, 7) is 5.79. The third-order valence-corrected chi connectivity index (χ3v) is 3.74. The summed E-state index contributed by atoms with van der Waals surface area (Å²) in [7, 11) is 1.52. The van der Waals surface area contributed by atoms with Gasteiger partial charge in [-0.2, -0.15) is 0 Å². The summed E-state index contributed by atoms with van der Waals surface area (Å²) < 4.78 is 10.5. The summed E-state index contributed by atoms with van der Waals surface area (Å²) in [6, 6.07) is 5.32. The largest absolute Gasteiger partial charge is 0.495 e. The predicted octanol–water partition coefficient (Wildman–Crippen LogP) is 2.78. The number of hydrogen-bond donors (Lipinski definition) is 3. The van der Waals surface area contributed by atoms with Crippen LogP contribution in [-0.4, -0.2) is 36.4 Å². The number of carbonyl (C=O) groups is 2. The topological polar surface area (TPSA) is 96.9 Å². The quantitative estimate of drug-likeness (QED) is 0.782. The minimum absolute atomic E-state index is 0.0730. The number of methoxy groups -OCH3 is 1. The summed E-state index contributed by atoms with van der Waals surface area (Å²) in [5, 5.41) is 15.0. The molecule has 1 aromatic rings. The Morgan fingerprint density at radius 3 is 2.58 bits per heavy atom. The first kappa shape index (κ1) is 18.1. The number of carbonyl (C=O) groups excluding carboxylic acids is 1. The number of anilines is 1. The van der Waals surface area contributed by atoms with Gasteiger partial charge in [-0.3, -0.25) is 10.1 Å². The molecule has 0 bridgehead atoms. The SMILES string of the molecule is COc1ccc(C2CC(C(=O)O)CN2)cc1NC(=O)OC(C)(C)C. The Hall–Kier alpha value is -2.28. The normalized spacial score (nSPS) is 20.5. The van der Waals surface area contributed by atoms with Gasteiger partial charge in [0.1, 0.15) is 11.4 Å². The molecular weight excluding hydrogens is 312 g/mol. The van der Waals surface area contributed by atoms with Gasteiger partial charge in [0.25, 0.3) is 0 Å². The van der Waals surface area contributed by atoms with Crippen molar-refractivity contribution in [3.63, 3.8) is 0 Å². The Morgan fingerprint density at radius 1 is 1.33 bits per heavy atom. The molecule has 7 heteroatoms. The van der Waals surface area contributed by atoms with Crippen LogP contribution in [0.25, 0.3) is 0 Å². The molecule has 0 radical (unpaired) electrons. The molecule has 3 N–H and O–H groups in total. The maximum Gasteiger partial charge on any atom is 0.412 e. The molecule has 7 nitrogen and oxygen atoms in total. The number of nitrogens with one attached hydrogen (secondary N) is 2. The highest BCUT2D eigenvalue weighted by Crippen LogP contribution is 2.33. The monoisotopic (exact) mass is 336 g/mol. The Balaban J connectivity index is 2.16. The van der Waals surface area contributed by atoms with Crippen molar-refractivity contribution in [2.24, 2.45) is 5.92 Å². The molecule has 2 rings (SSSR count). The van der Waals surface area contributed by atoms with E-state index in [1.807, 2.05) is 6.07 Å². The van der Waals surface area contributed by atoms with E-state index in [1.165, 1.54) is 7.11 Å². The minimum Gasteiger partial charge on any atom is -0.495 e. The molecule has 2 unspecified atom stereocenters. The van der Waals surface area contributed by atoms with Gasteiger partial charge in [0.05, 0.1) is 18.7 Å². The summed E-state index contributed by atoms with van der Waals surface area (Å²) >= 11 is 0. The van der Waals surface area contributed by atoms with Gasteiger partial charge in [0.2, 0.25) is 0 Å². The average Bonchev–Trinajstić information content (AvgIpc) is 2.95. The molecule has 1 amide bonds. The van der Waals surface area contributed by atoms with Crippen molar-refractivity contribution in [3.05, 3.63) is 23.8 Å². The first-order chi connectivity index (χ1) is 11.2. The second-order valence-corrected chi connectivity index (χ2v) is 6.82. The van der Waals surface area contributed by atoms with E-state index in [2.05, 4.69) is 10.6 Å². The Kier molecular flexibility index (Phi) is 5.33. The number of rotatable bonds is 4. The fourth-order valence-electron chi connectivity index (χ4n) is 2.63. The number of amides is 1. The lowest BCUT2D eigenvalue weighted by atomic mass is 9.99. The fraction of sp³-hybridized carbons (Fsp3) is 0.529. The molecule has 0 saturated carbocycles. The Labute approximate surface area is 141 Å². The predicted molar refractivity (Wildman–Crippen MR) is 89.3 cm³/mol. The van der Waals surface area contributed by atoms with Gasteiger partial charge in [-0.05, 0) is 44.9 Å². The van der Waals surface area contributed by atoms with Crippen LogP contribution in [0.2, 0.25) is 0 Å². The second kappa shape index (κ2) is 7.09. The molecule has 0 aromatic heterocycles. The highest BCUT2D eigenvalue weighted by Gasteiger charge is 2.30. The van der Waals surface area contributed by atoms with Gasteiger partial charge in [-0.1, -0.05) is 6.07 Å². The van der Waals surface area contributed by atoms with Crippen LogP contribution in [0.4, 0.5) is 10.5 Å². The molecule has 132 valence electrons. The number of hydrogen-bond acceptors (Lipinski definition) is 5. The minimum atomic E-state index is -0.800. The lowest BCUT2D eigenvalue weighted by molar-refractivity contribution is -0.141. The zero-order chi connectivity index (χ0) is 17.9. The molecule has 2 atom stereocenters. The van der Waals surface area contributed by atoms with E-state index < -0.39 is 23.6 Å². The number of benzene rings is 1. The van der Waals surface area contributed by atoms with Gasteiger partial charge >= 0.3 is 12.1 Å². The van der Waals surface area contributed by atoms with Crippen LogP contribution in [0.15, 0.2) is 18.2 Å². The van der Waals surface area contributed by atoms with Crippen molar-refractivity contribution < 1.29 is 24.2 Å². The molecule has 1 saturated heterocycles. The van der Waals surface area contributed by atoms with Gasteiger partial charge in [-0.25, -0.2) is 4.79 Å². The molecular formula is C17H24N2O5. The van der Waals surface area contributed by atoms with Crippen LogP contribution in [0, 0.1) is 5.92 Å². The molecule has 24 heavy (non-hydrogen) atoms. The van der Waals surface area contributed by atoms with Crippen molar-refractivity contribution in [1.29, 1.82) is 0 Å². The summed E-state index contributed by atoms with van der Waals surface area (Å²) in [5.41, 5.74) is 0.784. The Bertz CT molecular complexity index is 624. The van der Waals surface area contributed by atoms with E-state index in [1.54, 1.807) is 32.9 Å². The average molecular weight is 336 g/mol. The molecule has 1 heterocycles. The van der Waals surface area contributed by atoms with Crippen LogP contribution in [-0.2, 0) is 9.53 Å². The van der Waals surface area contributed by atoms with Gasteiger partial charge in [0.15, 0.2) is 0 Å². The molecule has 1 fully saturated rings. The molecule has 0 aliphatic carbocycles. The number of aliphatic carboxylic acids is 1. The number of carboxylic acid groups (broad SMARTS) is 1. The van der Waals surface area contributed by atoms with E-state index in [9.17, 15) is 9.59 Å². The van der Waals surface area contributed by atoms with Crippen molar-refractivity contribution in [2.75, 3.05) is 19.0 Å². The van der Waals surface area contributed by atoms with E-state index in [0.29, 0.717) is 24.4 Å². The lowest BCUT2D eigenvalue weighted by Crippen LogP contribution is -2.27. The molecule has 1 aromatic carbocycles. The van der Waals surface area contributed by atoms with Crippen molar-refractivity contribution in [3.8, 4) is 5.75 Å². The lowest BCUT2D eigenvalue weighted by Gasteiger charge is -2.21. The summed E-state index contributed by atoms with van der Waals surface area (Å²) in [4.78, 5) is 23.1.